The maximum atomic E-state index is 13.5. The molecule has 0 fully saturated rings. The summed E-state index contributed by atoms with van der Waals surface area (Å²) < 4.78 is 18.4. The van der Waals surface area contributed by atoms with Crippen molar-refractivity contribution >= 4 is 23.3 Å². The van der Waals surface area contributed by atoms with Crippen molar-refractivity contribution in [1.82, 2.24) is 0 Å². The number of para-hydroxylation sites is 2. The Kier molecular flexibility index (Phi) is 5.20. The van der Waals surface area contributed by atoms with Crippen LogP contribution in [0.15, 0.2) is 48.5 Å². The Morgan fingerprint density at radius 2 is 1.79 bits per heavy atom. The van der Waals surface area contributed by atoms with Gasteiger partial charge in [0.15, 0.2) is 6.10 Å². The molecule has 0 aliphatic carbocycles. The highest BCUT2D eigenvalue weighted by Gasteiger charge is 2.25. The van der Waals surface area contributed by atoms with Crippen molar-refractivity contribution in [3.8, 4) is 0 Å². The number of hydrogen-bond acceptors (Lipinski definition) is 5. The van der Waals surface area contributed by atoms with Crippen molar-refractivity contribution in [3.05, 3.63) is 70.0 Å². The maximum Gasteiger partial charge on any atom is 0.345 e. The van der Waals surface area contributed by atoms with Crippen molar-refractivity contribution in [2.75, 3.05) is 5.32 Å². The van der Waals surface area contributed by atoms with Crippen molar-refractivity contribution in [2.45, 2.75) is 13.0 Å². The number of rotatable bonds is 5. The second-order valence-corrected chi connectivity index (χ2v) is 4.79. The molecule has 1 unspecified atom stereocenters. The van der Waals surface area contributed by atoms with Gasteiger partial charge in [-0.2, -0.15) is 0 Å². The zero-order valence-electron chi connectivity index (χ0n) is 12.6. The summed E-state index contributed by atoms with van der Waals surface area (Å²) in [7, 11) is 0. The van der Waals surface area contributed by atoms with Crippen LogP contribution >= 0.6 is 0 Å². The summed E-state index contributed by atoms with van der Waals surface area (Å²) in [6, 6.07) is 10.7. The van der Waals surface area contributed by atoms with Gasteiger partial charge in [-0.05, 0) is 25.1 Å². The molecule has 0 saturated heterocycles. The molecule has 124 valence electrons. The van der Waals surface area contributed by atoms with Gasteiger partial charge in [-0.3, -0.25) is 14.9 Å². The lowest BCUT2D eigenvalue weighted by Gasteiger charge is -2.14. The van der Waals surface area contributed by atoms with Crippen molar-refractivity contribution < 1.29 is 23.6 Å². The van der Waals surface area contributed by atoms with Gasteiger partial charge in [-0.15, -0.1) is 0 Å². The number of nitro groups is 1. The van der Waals surface area contributed by atoms with Gasteiger partial charge in [0.2, 0.25) is 0 Å². The molecule has 0 radical (unpaired) electrons. The fraction of sp³-hybridized carbons (Fsp3) is 0.125. The number of anilines is 1. The standard InChI is InChI=1S/C16H13FN2O5/c1-10(15(20)18-13-8-4-3-7-12(13)17)24-16(21)11-6-2-5-9-14(11)19(22)23/h2-10H,1H3,(H,18,20). The number of halogens is 1. The van der Waals surface area contributed by atoms with Gasteiger partial charge in [0.25, 0.3) is 11.6 Å². The molecule has 24 heavy (non-hydrogen) atoms. The molecular weight excluding hydrogens is 319 g/mol. The Hall–Kier alpha value is -3.29. The number of nitrogens with zero attached hydrogens (tertiary/aromatic N) is 1. The SMILES string of the molecule is CC(OC(=O)c1ccccc1[N+](=O)[O-])C(=O)Nc1ccccc1F. The summed E-state index contributed by atoms with van der Waals surface area (Å²) in [6.45, 7) is 1.28. The topological polar surface area (TPSA) is 98.5 Å². The van der Waals surface area contributed by atoms with Gasteiger partial charge in [0.1, 0.15) is 11.4 Å². The second kappa shape index (κ2) is 7.32. The van der Waals surface area contributed by atoms with E-state index in [0.29, 0.717) is 0 Å². The first kappa shape index (κ1) is 17.1. The van der Waals surface area contributed by atoms with E-state index in [-0.39, 0.29) is 11.3 Å². The third-order valence-electron chi connectivity index (χ3n) is 3.11. The van der Waals surface area contributed by atoms with Gasteiger partial charge in [-0.25, -0.2) is 9.18 Å². The minimum atomic E-state index is -1.27. The van der Waals surface area contributed by atoms with Gasteiger partial charge >= 0.3 is 5.97 Å². The third kappa shape index (κ3) is 3.92. The predicted octanol–water partition coefficient (Wildman–Crippen LogP) is 2.92. The molecule has 0 spiro atoms. The van der Waals surface area contributed by atoms with Crippen molar-refractivity contribution in [3.63, 3.8) is 0 Å². The van der Waals surface area contributed by atoms with E-state index in [1.54, 1.807) is 0 Å². The molecule has 2 rings (SSSR count). The minimum Gasteiger partial charge on any atom is -0.449 e. The van der Waals surface area contributed by atoms with E-state index < -0.39 is 34.4 Å². The molecule has 1 atom stereocenters. The van der Waals surface area contributed by atoms with Crippen LogP contribution in [0.1, 0.15) is 17.3 Å². The molecule has 2 aromatic carbocycles. The molecular formula is C16H13FN2O5. The van der Waals surface area contributed by atoms with Crippen LogP contribution in [0.2, 0.25) is 0 Å². The maximum absolute atomic E-state index is 13.5. The summed E-state index contributed by atoms with van der Waals surface area (Å²) in [4.78, 5) is 34.2. The van der Waals surface area contributed by atoms with E-state index in [2.05, 4.69) is 5.32 Å². The third-order valence-corrected chi connectivity index (χ3v) is 3.11. The smallest absolute Gasteiger partial charge is 0.345 e. The van der Waals surface area contributed by atoms with Crippen LogP contribution in [-0.4, -0.2) is 22.9 Å². The number of carbonyl (C=O) groups is 2. The molecule has 1 N–H and O–H groups in total. The lowest BCUT2D eigenvalue weighted by molar-refractivity contribution is -0.385. The highest BCUT2D eigenvalue weighted by atomic mass is 19.1. The second-order valence-electron chi connectivity index (χ2n) is 4.79. The first-order valence-corrected chi connectivity index (χ1v) is 6.90. The lowest BCUT2D eigenvalue weighted by Crippen LogP contribution is -2.30. The Balaban J connectivity index is 2.08. The summed E-state index contributed by atoms with van der Waals surface area (Å²) in [5.41, 5.74) is -0.756. The quantitative estimate of drug-likeness (QED) is 0.515. The van der Waals surface area contributed by atoms with Gasteiger partial charge in [0, 0.05) is 6.07 Å². The Morgan fingerprint density at radius 1 is 1.17 bits per heavy atom. The fourth-order valence-corrected chi connectivity index (χ4v) is 1.88. The molecule has 0 saturated carbocycles. The molecule has 7 nitrogen and oxygen atoms in total. The summed E-state index contributed by atoms with van der Waals surface area (Å²) in [5, 5.41) is 13.2. The summed E-state index contributed by atoms with van der Waals surface area (Å²) in [6.07, 6.45) is -1.27. The fourth-order valence-electron chi connectivity index (χ4n) is 1.88. The largest absolute Gasteiger partial charge is 0.449 e. The van der Waals surface area contributed by atoms with Gasteiger partial charge in [0.05, 0.1) is 10.6 Å². The van der Waals surface area contributed by atoms with E-state index in [1.165, 1.54) is 49.4 Å². The average molecular weight is 332 g/mol. The van der Waals surface area contributed by atoms with Crippen LogP contribution in [-0.2, 0) is 9.53 Å². The predicted molar refractivity (Wildman–Crippen MR) is 83.0 cm³/mol. The number of carbonyl (C=O) groups excluding carboxylic acids is 2. The number of esters is 1. The monoisotopic (exact) mass is 332 g/mol. The Bertz CT molecular complexity index is 794. The molecule has 0 aromatic heterocycles. The number of nitrogens with one attached hydrogen (secondary N) is 1. The zero-order chi connectivity index (χ0) is 17.7. The normalized spacial score (nSPS) is 11.4. The number of hydrogen-bond donors (Lipinski definition) is 1. The van der Waals surface area contributed by atoms with Crippen molar-refractivity contribution in [1.29, 1.82) is 0 Å². The van der Waals surface area contributed by atoms with Crippen molar-refractivity contribution in [2.24, 2.45) is 0 Å². The minimum absolute atomic E-state index is 0.0592. The number of nitro benzene ring substituents is 1. The Labute approximate surface area is 136 Å². The first-order chi connectivity index (χ1) is 11.4. The number of benzene rings is 2. The summed E-state index contributed by atoms with van der Waals surface area (Å²) in [5.74, 6) is -2.41. The van der Waals surface area contributed by atoms with Crippen LogP contribution in [0.5, 0.6) is 0 Å². The van der Waals surface area contributed by atoms with Crippen LogP contribution in [0.3, 0.4) is 0 Å². The van der Waals surface area contributed by atoms with Gasteiger partial charge < -0.3 is 10.1 Å². The lowest BCUT2D eigenvalue weighted by atomic mass is 10.2. The van der Waals surface area contributed by atoms with Crippen LogP contribution in [0.25, 0.3) is 0 Å². The zero-order valence-corrected chi connectivity index (χ0v) is 12.6. The number of amides is 1. The van der Waals surface area contributed by atoms with E-state index in [0.717, 1.165) is 6.07 Å². The van der Waals surface area contributed by atoms with Crippen LogP contribution < -0.4 is 5.32 Å². The highest BCUT2D eigenvalue weighted by Crippen LogP contribution is 2.19. The molecule has 1 amide bonds. The van der Waals surface area contributed by atoms with Crippen LogP contribution in [0.4, 0.5) is 15.8 Å². The molecule has 2 aromatic rings. The molecule has 0 bridgehead atoms. The van der Waals surface area contributed by atoms with E-state index in [9.17, 15) is 24.1 Å². The highest BCUT2D eigenvalue weighted by molar-refractivity contribution is 5.98. The van der Waals surface area contributed by atoms with Crippen LogP contribution in [0, 0.1) is 15.9 Å². The number of ether oxygens (including phenoxy) is 1. The Morgan fingerprint density at radius 3 is 2.46 bits per heavy atom. The van der Waals surface area contributed by atoms with E-state index >= 15 is 0 Å². The van der Waals surface area contributed by atoms with Gasteiger partial charge in [-0.1, -0.05) is 24.3 Å². The molecule has 0 heterocycles. The first-order valence-electron chi connectivity index (χ1n) is 6.90. The molecule has 0 aliphatic rings. The molecule has 0 aliphatic heterocycles. The molecule has 8 heteroatoms. The summed E-state index contributed by atoms with van der Waals surface area (Å²) >= 11 is 0. The average Bonchev–Trinajstić information content (AvgIpc) is 2.56. The van der Waals surface area contributed by atoms with E-state index in [4.69, 9.17) is 4.74 Å². The van der Waals surface area contributed by atoms with E-state index in [1.807, 2.05) is 0 Å².